The number of nitrogens with one attached hydrogen (secondary N) is 1. The average molecular weight is 309 g/mol. The quantitative estimate of drug-likeness (QED) is 0.403. The van der Waals surface area contributed by atoms with Crippen molar-refractivity contribution in [3.63, 3.8) is 0 Å². The largest absolute Gasteiger partial charge is 0.455 e. The minimum Gasteiger partial charge on any atom is -0.455 e. The summed E-state index contributed by atoms with van der Waals surface area (Å²) >= 11 is 0. The molecule has 1 N–H and O–H groups in total. The lowest BCUT2D eigenvalue weighted by Crippen LogP contribution is -1.88. The number of hydrogen-bond acceptors (Lipinski definition) is 2. The zero-order chi connectivity index (χ0) is 15.9. The summed E-state index contributed by atoms with van der Waals surface area (Å²) in [4.78, 5) is 0. The van der Waals surface area contributed by atoms with Crippen LogP contribution in [0.4, 0.5) is 11.4 Å². The van der Waals surface area contributed by atoms with E-state index in [-0.39, 0.29) is 0 Å². The van der Waals surface area contributed by atoms with Crippen molar-refractivity contribution in [2.24, 2.45) is 0 Å². The standard InChI is InChI=1S/C22H15NO/c1-2-7-16(8-3-1)23-17-11-13-21-20(14-17)19-12-10-15-6-4-5-9-18(15)22(19)24-21/h1-14,23H. The Bertz CT molecular complexity index is 1170. The van der Waals surface area contributed by atoms with E-state index >= 15 is 0 Å². The molecule has 24 heavy (non-hydrogen) atoms. The molecule has 0 aliphatic heterocycles. The topological polar surface area (TPSA) is 25.2 Å². The van der Waals surface area contributed by atoms with Gasteiger partial charge in [-0.1, -0.05) is 48.5 Å². The Labute approximate surface area is 139 Å². The minimum absolute atomic E-state index is 0.917. The highest BCUT2D eigenvalue weighted by atomic mass is 16.3. The second kappa shape index (κ2) is 5.14. The molecule has 4 aromatic carbocycles. The van der Waals surface area contributed by atoms with Crippen LogP contribution in [0.1, 0.15) is 0 Å². The second-order valence-corrected chi connectivity index (χ2v) is 5.97. The van der Waals surface area contributed by atoms with Gasteiger partial charge in [0.05, 0.1) is 0 Å². The molecule has 5 rings (SSSR count). The van der Waals surface area contributed by atoms with Gasteiger partial charge in [0.1, 0.15) is 11.2 Å². The molecule has 2 nitrogen and oxygen atoms in total. The van der Waals surface area contributed by atoms with Crippen LogP contribution < -0.4 is 5.32 Å². The van der Waals surface area contributed by atoms with E-state index in [9.17, 15) is 0 Å². The second-order valence-electron chi connectivity index (χ2n) is 5.97. The monoisotopic (exact) mass is 309 g/mol. The maximum Gasteiger partial charge on any atom is 0.143 e. The number of benzene rings is 4. The van der Waals surface area contributed by atoms with Gasteiger partial charge in [0.2, 0.25) is 0 Å². The molecule has 0 unspecified atom stereocenters. The predicted octanol–water partition coefficient (Wildman–Crippen LogP) is 6.48. The van der Waals surface area contributed by atoms with E-state index in [1.54, 1.807) is 0 Å². The number of hydrogen-bond donors (Lipinski definition) is 1. The highest BCUT2D eigenvalue weighted by Crippen LogP contribution is 2.35. The van der Waals surface area contributed by atoms with Crippen LogP contribution >= 0.6 is 0 Å². The number of anilines is 2. The van der Waals surface area contributed by atoms with E-state index in [4.69, 9.17) is 4.42 Å². The predicted molar refractivity (Wildman–Crippen MR) is 101 cm³/mol. The smallest absolute Gasteiger partial charge is 0.143 e. The van der Waals surface area contributed by atoms with Crippen molar-refractivity contribution in [1.29, 1.82) is 0 Å². The Morgan fingerprint density at radius 3 is 2.33 bits per heavy atom. The van der Waals surface area contributed by atoms with Crippen molar-refractivity contribution in [3.05, 3.63) is 84.9 Å². The molecule has 0 bridgehead atoms. The van der Waals surface area contributed by atoms with Crippen LogP contribution in [-0.4, -0.2) is 0 Å². The van der Waals surface area contributed by atoms with Gasteiger partial charge in [-0.25, -0.2) is 0 Å². The van der Waals surface area contributed by atoms with E-state index < -0.39 is 0 Å². The lowest BCUT2D eigenvalue weighted by molar-refractivity contribution is 0.672. The first kappa shape index (κ1) is 13.2. The Balaban J connectivity index is 1.71. The third kappa shape index (κ3) is 2.04. The van der Waals surface area contributed by atoms with Crippen molar-refractivity contribution in [3.8, 4) is 0 Å². The summed E-state index contributed by atoms with van der Waals surface area (Å²) in [5.74, 6) is 0. The van der Waals surface area contributed by atoms with Gasteiger partial charge in [0.15, 0.2) is 0 Å². The fraction of sp³-hybridized carbons (Fsp3) is 0. The van der Waals surface area contributed by atoms with Crippen molar-refractivity contribution in [1.82, 2.24) is 0 Å². The zero-order valence-electron chi connectivity index (χ0n) is 13.0. The fourth-order valence-electron chi connectivity index (χ4n) is 3.27. The molecule has 1 heterocycles. The van der Waals surface area contributed by atoms with E-state index in [0.717, 1.165) is 38.7 Å². The Morgan fingerprint density at radius 1 is 0.583 bits per heavy atom. The van der Waals surface area contributed by atoms with Gasteiger partial charge in [-0.3, -0.25) is 0 Å². The van der Waals surface area contributed by atoms with Gasteiger partial charge in [0, 0.05) is 27.5 Å². The lowest BCUT2D eigenvalue weighted by atomic mass is 10.1. The van der Waals surface area contributed by atoms with Crippen molar-refractivity contribution in [2.45, 2.75) is 0 Å². The summed E-state index contributed by atoms with van der Waals surface area (Å²) < 4.78 is 6.14. The van der Waals surface area contributed by atoms with Gasteiger partial charge < -0.3 is 9.73 Å². The molecule has 0 radical (unpaired) electrons. The van der Waals surface area contributed by atoms with E-state index in [0.29, 0.717) is 0 Å². The van der Waals surface area contributed by atoms with Crippen LogP contribution in [0.3, 0.4) is 0 Å². The maximum absolute atomic E-state index is 6.14. The summed E-state index contributed by atoms with van der Waals surface area (Å²) in [7, 11) is 0. The van der Waals surface area contributed by atoms with Crippen LogP contribution in [0.2, 0.25) is 0 Å². The van der Waals surface area contributed by atoms with Crippen molar-refractivity contribution < 1.29 is 4.42 Å². The number of furan rings is 1. The molecule has 0 aliphatic carbocycles. The highest BCUT2D eigenvalue weighted by Gasteiger charge is 2.10. The Morgan fingerprint density at radius 2 is 1.42 bits per heavy atom. The zero-order valence-corrected chi connectivity index (χ0v) is 13.0. The SMILES string of the molecule is c1ccc(Nc2ccc3oc4c5ccccc5ccc4c3c2)cc1. The molecule has 0 amide bonds. The van der Waals surface area contributed by atoms with Gasteiger partial charge in [-0.15, -0.1) is 0 Å². The fourth-order valence-corrected chi connectivity index (χ4v) is 3.27. The molecule has 0 saturated carbocycles. The Kier molecular flexibility index (Phi) is 2.83. The third-order valence-electron chi connectivity index (χ3n) is 4.42. The van der Waals surface area contributed by atoms with Crippen molar-refractivity contribution >= 4 is 44.1 Å². The van der Waals surface area contributed by atoms with Gasteiger partial charge >= 0.3 is 0 Å². The van der Waals surface area contributed by atoms with Gasteiger partial charge in [-0.2, -0.15) is 0 Å². The first-order valence-corrected chi connectivity index (χ1v) is 8.04. The summed E-state index contributed by atoms with van der Waals surface area (Å²) in [6.07, 6.45) is 0. The molecule has 0 spiro atoms. The molecule has 0 atom stereocenters. The number of para-hydroxylation sites is 1. The number of rotatable bonds is 2. The molecule has 2 heteroatoms. The van der Waals surface area contributed by atoms with Gasteiger partial charge in [0.25, 0.3) is 0 Å². The minimum atomic E-state index is 0.917. The molecule has 0 aliphatic rings. The molecular formula is C22H15NO. The molecular weight excluding hydrogens is 294 g/mol. The molecule has 5 aromatic rings. The summed E-state index contributed by atoms with van der Waals surface area (Å²) in [6, 6.07) is 29.1. The summed E-state index contributed by atoms with van der Waals surface area (Å²) in [5, 5.41) is 8.09. The van der Waals surface area contributed by atoms with Crippen LogP contribution in [-0.2, 0) is 0 Å². The molecule has 0 fully saturated rings. The summed E-state index contributed by atoms with van der Waals surface area (Å²) in [5.41, 5.74) is 4.01. The first-order chi connectivity index (χ1) is 11.9. The lowest BCUT2D eigenvalue weighted by Gasteiger charge is -2.05. The highest BCUT2D eigenvalue weighted by molar-refractivity contribution is 6.15. The van der Waals surface area contributed by atoms with Crippen LogP contribution in [0.5, 0.6) is 0 Å². The van der Waals surface area contributed by atoms with E-state index in [1.165, 1.54) is 5.39 Å². The van der Waals surface area contributed by atoms with Crippen LogP contribution in [0.25, 0.3) is 32.7 Å². The normalized spacial score (nSPS) is 11.3. The van der Waals surface area contributed by atoms with Gasteiger partial charge in [-0.05, 0) is 41.8 Å². The molecule has 114 valence electrons. The molecule has 1 aromatic heterocycles. The van der Waals surface area contributed by atoms with Crippen LogP contribution in [0.15, 0.2) is 89.3 Å². The average Bonchev–Trinajstić information content (AvgIpc) is 3.01. The Hall–Kier alpha value is -3.26. The number of fused-ring (bicyclic) bond motifs is 5. The maximum atomic E-state index is 6.14. The first-order valence-electron chi connectivity index (χ1n) is 8.04. The third-order valence-corrected chi connectivity index (χ3v) is 4.42. The van der Waals surface area contributed by atoms with E-state index in [2.05, 4.69) is 66.0 Å². The van der Waals surface area contributed by atoms with Crippen molar-refractivity contribution in [2.75, 3.05) is 5.32 Å². The van der Waals surface area contributed by atoms with Crippen LogP contribution in [0, 0.1) is 0 Å². The van der Waals surface area contributed by atoms with E-state index in [1.807, 2.05) is 24.3 Å². The summed E-state index contributed by atoms with van der Waals surface area (Å²) in [6.45, 7) is 0. The molecule has 0 saturated heterocycles.